The van der Waals surface area contributed by atoms with Crippen LogP contribution >= 0.6 is 0 Å². The minimum Gasteiger partial charge on any atom is -0.451 e. The fourth-order valence-corrected chi connectivity index (χ4v) is 4.51. The number of carbonyl (C=O) groups is 1. The maximum absolute atomic E-state index is 13.0. The molecular formula is C24H23N3O3. The number of fused-ring (bicyclic) bond motifs is 2. The Morgan fingerprint density at radius 2 is 1.80 bits per heavy atom. The van der Waals surface area contributed by atoms with Crippen molar-refractivity contribution in [2.24, 2.45) is 0 Å². The number of aryl methyl sites for hydroxylation is 5. The van der Waals surface area contributed by atoms with E-state index in [-0.39, 0.29) is 11.7 Å². The van der Waals surface area contributed by atoms with Gasteiger partial charge in [0.15, 0.2) is 11.5 Å². The highest BCUT2D eigenvalue weighted by Crippen LogP contribution is 2.32. The van der Waals surface area contributed by atoms with Gasteiger partial charge in [0.1, 0.15) is 5.58 Å². The minimum absolute atomic E-state index is 0.276. The van der Waals surface area contributed by atoms with Crippen LogP contribution in [0.1, 0.15) is 51.2 Å². The molecule has 1 N–H and O–H groups in total. The minimum atomic E-state index is -0.365. The smallest absolute Gasteiger partial charge is 0.292 e. The van der Waals surface area contributed by atoms with E-state index in [1.165, 1.54) is 24.0 Å². The van der Waals surface area contributed by atoms with Gasteiger partial charge in [-0.3, -0.25) is 10.1 Å². The number of anilines is 1. The molecule has 1 aliphatic rings. The molecule has 2 aromatic carbocycles. The van der Waals surface area contributed by atoms with E-state index >= 15 is 0 Å². The summed E-state index contributed by atoms with van der Waals surface area (Å²) in [6.07, 6.45) is 4.60. The van der Waals surface area contributed by atoms with Crippen LogP contribution < -0.4 is 5.32 Å². The Labute approximate surface area is 174 Å². The van der Waals surface area contributed by atoms with E-state index in [4.69, 9.17) is 9.05 Å². The number of furan rings is 1. The molecule has 0 aliphatic heterocycles. The monoisotopic (exact) mass is 401 g/mol. The molecule has 1 amide bonds. The molecule has 0 saturated carbocycles. The number of aromatic nitrogens is 2. The molecular weight excluding hydrogens is 378 g/mol. The normalized spacial score (nSPS) is 13.4. The summed E-state index contributed by atoms with van der Waals surface area (Å²) in [7, 11) is 0. The molecule has 4 aromatic rings. The Morgan fingerprint density at radius 3 is 2.63 bits per heavy atom. The van der Waals surface area contributed by atoms with Crippen LogP contribution in [0.15, 0.2) is 39.4 Å². The molecule has 0 saturated heterocycles. The molecule has 152 valence electrons. The van der Waals surface area contributed by atoms with Crippen molar-refractivity contribution in [2.75, 3.05) is 5.32 Å². The maximum Gasteiger partial charge on any atom is 0.292 e. The van der Waals surface area contributed by atoms with Crippen LogP contribution in [0.5, 0.6) is 0 Å². The van der Waals surface area contributed by atoms with Gasteiger partial charge in [0.25, 0.3) is 5.91 Å². The lowest BCUT2D eigenvalue weighted by Gasteiger charge is -2.16. The topological polar surface area (TPSA) is 81.2 Å². The quantitative estimate of drug-likeness (QED) is 0.487. The first-order valence-corrected chi connectivity index (χ1v) is 10.3. The van der Waals surface area contributed by atoms with E-state index in [1.807, 2.05) is 32.9 Å². The van der Waals surface area contributed by atoms with Crippen molar-refractivity contribution in [2.45, 2.75) is 46.5 Å². The number of rotatable bonds is 3. The van der Waals surface area contributed by atoms with Crippen molar-refractivity contribution in [3.8, 4) is 11.3 Å². The molecule has 0 radical (unpaired) electrons. The van der Waals surface area contributed by atoms with Crippen LogP contribution in [-0.4, -0.2) is 16.2 Å². The summed E-state index contributed by atoms with van der Waals surface area (Å²) in [4.78, 5) is 13.0. The van der Waals surface area contributed by atoms with Gasteiger partial charge in [0, 0.05) is 16.5 Å². The highest BCUT2D eigenvalue weighted by molar-refractivity contribution is 6.07. The molecule has 2 heterocycles. The molecule has 1 aliphatic carbocycles. The van der Waals surface area contributed by atoms with Crippen LogP contribution in [0.2, 0.25) is 0 Å². The van der Waals surface area contributed by atoms with E-state index in [9.17, 15) is 4.79 Å². The fraction of sp³-hybridized carbons (Fsp3) is 0.292. The van der Waals surface area contributed by atoms with Crippen molar-refractivity contribution in [1.82, 2.24) is 10.3 Å². The molecule has 0 unspecified atom stereocenters. The van der Waals surface area contributed by atoms with Gasteiger partial charge in [-0.25, -0.2) is 4.63 Å². The van der Waals surface area contributed by atoms with Gasteiger partial charge in [-0.05, 0) is 91.2 Å². The first kappa shape index (κ1) is 18.6. The van der Waals surface area contributed by atoms with Crippen molar-refractivity contribution in [3.63, 3.8) is 0 Å². The summed E-state index contributed by atoms with van der Waals surface area (Å²) < 4.78 is 10.9. The van der Waals surface area contributed by atoms with E-state index in [2.05, 4.69) is 33.8 Å². The first-order chi connectivity index (χ1) is 14.5. The Balaban J connectivity index is 1.47. The van der Waals surface area contributed by atoms with Gasteiger partial charge in [-0.1, -0.05) is 18.2 Å². The summed E-state index contributed by atoms with van der Waals surface area (Å²) in [6, 6.07) is 10.3. The number of nitrogens with zero attached hydrogens (tertiary/aromatic N) is 2. The third-order valence-electron chi connectivity index (χ3n) is 5.92. The van der Waals surface area contributed by atoms with Gasteiger partial charge in [-0.2, -0.15) is 0 Å². The van der Waals surface area contributed by atoms with E-state index < -0.39 is 0 Å². The summed E-state index contributed by atoms with van der Waals surface area (Å²) in [5.74, 6) is 0.206. The molecule has 6 nitrogen and oxygen atoms in total. The number of amides is 1. The predicted octanol–water partition coefficient (Wildman–Crippen LogP) is 5.54. The summed E-state index contributed by atoms with van der Waals surface area (Å²) in [6.45, 7) is 5.93. The Kier molecular flexibility index (Phi) is 4.42. The zero-order valence-corrected chi connectivity index (χ0v) is 17.3. The molecule has 6 heteroatoms. The molecule has 5 rings (SSSR count). The van der Waals surface area contributed by atoms with E-state index in [0.29, 0.717) is 17.1 Å². The first-order valence-electron chi connectivity index (χ1n) is 10.3. The Morgan fingerprint density at radius 1 is 1.00 bits per heavy atom. The van der Waals surface area contributed by atoms with E-state index in [0.717, 1.165) is 40.5 Å². The molecule has 0 spiro atoms. The molecule has 0 bridgehead atoms. The maximum atomic E-state index is 13.0. The van der Waals surface area contributed by atoms with Crippen molar-refractivity contribution in [1.29, 1.82) is 0 Å². The average molecular weight is 401 g/mol. The second-order valence-electron chi connectivity index (χ2n) is 8.12. The van der Waals surface area contributed by atoms with Crippen LogP contribution in [0.3, 0.4) is 0 Å². The van der Waals surface area contributed by atoms with Crippen LogP contribution in [-0.2, 0) is 12.8 Å². The number of nitrogens with one attached hydrogen (secondary N) is 1. The summed E-state index contributed by atoms with van der Waals surface area (Å²) in [5.41, 5.74) is 7.83. The van der Waals surface area contributed by atoms with Crippen LogP contribution in [0.25, 0.3) is 22.2 Å². The van der Waals surface area contributed by atoms with Crippen LogP contribution in [0, 0.1) is 20.8 Å². The fourth-order valence-electron chi connectivity index (χ4n) is 4.51. The van der Waals surface area contributed by atoms with E-state index in [1.54, 1.807) is 0 Å². The van der Waals surface area contributed by atoms with Gasteiger partial charge in [-0.15, -0.1) is 0 Å². The van der Waals surface area contributed by atoms with Gasteiger partial charge < -0.3 is 4.42 Å². The number of hydrogen-bond acceptors (Lipinski definition) is 5. The lowest BCUT2D eigenvalue weighted by atomic mass is 9.90. The summed E-state index contributed by atoms with van der Waals surface area (Å²) >= 11 is 0. The molecule has 2 aromatic heterocycles. The Bertz CT molecular complexity index is 1280. The second kappa shape index (κ2) is 7.13. The highest BCUT2D eigenvalue weighted by Gasteiger charge is 2.23. The number of benzene rings is 2. The summed E-state index contributed by atoms with van der Waals surface area (Å²) in [5, 5.41) is 11.8. The molecule has 0 atom stereocenters. The average Bonchev–Trinajstić information content (AvgIpc) is 3.32. The second-order valence-corrected chi connectivity index (χ2v) is 8.12. The van der Waals surface area contributed by atoms with Crippen molar-refractivity contribution < 1.29 is 13.8 Å². The van der Waals surface area contributed by atoms with Gasteiger partial charge >= 0.3 is 0 Å². The zero-order valence-electron chi connectivity index (χ0n) is 17.3. The van der Waals surface area contributed by atoms with Crippen molar-refractivity contribution >= 4 is 22.7 Å². The SMILES string of the molecule is Cc1cc(C)c2c(C)c(C(=O)Nc3nonc3-c3ccc4c(c3)CCCC4)oc2c1. The molecule has 0 fully saturated rings. The third-order valence-corrected chi connectivity index (χ3v) is 5.92. The highest BCUT2D eigenvalue weighted by atomic mass is 16.6. The number of hydrogen-bond donors (Lipinski definition) is 1. The molecule has 30 heavy (non-hydrogen) atoms. The predicted molar refractivity (Wildman–Crippen MR) is 115 cm³/mol. The van der Waals surface area contributed by atoms with Crippen LogP contribution in [0.4, 0.5) is 5.82 Å². The number of carbonyl (C=O) groups excluding carboxylic acids is 1. The standard InChI is InChI=1S/C24H23N3O3/c1-13-10-14(2)20-15(3)22(29-19(20)11-13)24(28)25-23-21(26-30-27-23)18-9-8-16-6-4-5-7-17(16)12-18/h8-12H,4-7H2,1-3H3,(H,25,27,28). The van der Waals surface area contributed by atoms with Gasteiger partial charge in [0.05, 0.1) is 0 Å². The lowest BCUT2D eigenvalue weighted by molar-refractivity contribution is 0.0997. The van der Waals surface area contributed by atoms with Gasteiger partial charge in [0.2, 0.25) is 5.82 Å². The lowest BCUT2D eigenvalue weighted by Crippen LogP contribution is -2.13. The largest absolute Gasteiger partial charge is 0.451 e. The van der Waals surface area contributed by atoms with Crippen molar-refractivity contribution in [3.05, 3.63) is 63.9 Å². The zero-order chi connectivity index (χ0) is 20.8. The Hall–Kier alpha value is -3.41. The third kappa shape index (κ3) is 3.09.